The summed E-state index contributed by atoms with van der Waals surface area (Å²) < 4.78 is 13.9. The number of carbonyl (C=O) groups excluding carboxylic acids is 1. The topological polar surface area (TPSA) is 75.1 Å². The van der Waals surface area contributed by atoms with Gasteiger partial charge in [0.1, 0.15) is 5.82 Å². The number of benzene rings is 1. The summed E-state index contributed by atoms with van der Waals surface area (Å²) >= 11 is 0. The quantitative estimate of drug-likeness (QED) is 0.656. The van der Waals surface area contributed by atoms with Crippen LogP contribution < -0.4 is 5.48 Å². The molecule has 1 aliphatic carbocycles. The number of carbonyl (C=O) groups is 1. The molecule has 0 bridgehead atoms. The van der Waals surface area contributed by atoms with Crippen molar-refractivity contribution in [3.63, 3.8) is 0 Å². The summed E-state index contributed by atoms with van der Waals surface area (Å²) in [5.41, 5.74) is 3.25. The number of rotatable bonds is 2. The molecule has 1 atom stereocenters. The summed E-state index contributed by atoms with van der Waals surface area (Å²) in [5.74, 6) is -0.912. The number of hydrogen-bond acceptors (Lipinski definition) is 4. The molecule has 0 spiro atoms. The number of hydrogen-bond donors (Lipinski definition) is 2. The highest BCUT2D eigenvalue weighted by molar-refractivity contribution is 5.88. The molecule has 6 heteroatoms. The molecule has 0 saturated carbocycles. The van der Waals surface area contributed by atoms with Crippen LogP contribution in [-0.4, -0.2) is 21.1 Å². The summed E-state index contributed by atoms with van der Waals surface area (Å²) in [5, 5.41) is 9.19. The van der Waals surface area contributed by atoms with Crippen LogP contribution in [0.1, 0.15) is 28.9 Å². The van der Waals surface area contributed by atoms with Gasteiger partial charge in [-0.25, -0.2) is 9.87 Å². The zero-order valence-corrected chi connectivity index (χ0v) is 12.1. The van der Waals surface area contributed by atoms with Gasteiger partial charge in [-0.3, -0.25) is 20.0 Å². The Hall–Kier alpha value is -2.34. The van der Waals surface area contributed by atoms with Gasteiger partial charge >= 0.3 is 0 Å². The molecule has 0 radical (unpaired) electrons. The van der Waals surface area contributed by atoms with Gasteiger partial charge in [-0.1, -0.05) is 12.1 Å². The van der Waals surface area contributed by atoms with Crippen molar-refractivity contribution in [3.8, 4) is 0 Å². The van der Waals surface area contributed by atoms with Crippen molar-refractivity contribution >= 4 is 5.91 Å². The molecular weight excluding hydrogens is 285 g/mol. The second kappa shape index (κ2) is 5.46. The molecule has 1 aliphatic rings. The highest BCUT2D eigenvalue weighted by Crippen LogP contribution is 2.39. The van der Waals surface area contributed by atoms with Crippen LogP contribution in [0, 0.1) is 12.7 Å². The van der Waals surface area contributed by atoms with E-state index in [1.807, 2.05) is 0 Å². The molecule has 2 N–H and O–H groups in total. The van der Waals surface area contributed by atoms with Gasteiger partial charge in [-0.05, 0) is 37.0 Å². The highest BCUT2D eigenvalue weighted by Gasteiger charge is 2.45. The minimum Gasteiger partial charge on any atom is -0.289 e. The predicted molar refractivity (Wildman–Crippen MR) is 76.8 cm³/mol. The van der Waals surface area contributed by atoms with E-state index in [1.165, 1.54) is 6.07 Å². The Balaban J connectivity index is 2.16. The van der Waals surface area contributed by atoms with Gasteiger partial charge in [-0.15, -0.1) is 0 Å². The van der Waals surface area contributed by atoms with Gasteiger partial charge < -0.3 is 0 Å². The van der Waals surface area contributed by atoms with Gasteiger partial charge in [0.2, 0.25) is 0 Å². The highest BCUT2D eigenvalue weighted by atomic mass is 19.1. The Bertz CT molecular complexity index is 735. The van der Waals surface area contributed by atoms with Crippen LogP contribution >= 0.6 is 0 Å². The van der Waals surface area contributed by atoms with Crippen LogP contribution in [0.25, 0.3) is 0 Å². The lowest BCUT2D eigenvalue weighted by molar-refractivity contribution is -0.136. The molecule has 1 aromatic carbocycles. The number of nitrogens with zero attached hydrogens (tertiary/aromatic N) is 2. The fraction of sp³-hybridized carbons (Fsp3) is 0.312. The third-order valence-electron chi connectivity index (χ3n) is 4.44. The molecule has 1 aromatic heterocycles. The maximum Gasteiger partial charge on any atom is 0.254 e. The number of halogens is 1. The minimum absolute atomic E-state index is 0.285. The van der Waals surface area contributed by atoms with E-state index in [4.69, 9.17) is 0 Å². The van der Waals surface area contributed by atoms with Crippen molar-refractivity contribution in [1.82, 2.24) is 15.4 Å². The van der Waals surface area contributed by atoms with E-state index >= 15 is 0 Å². The number of fused-ring (bicyclic) bond motifs is 1. The summed E-state index contributed by atoms with van der Waals surface area (Å²) in [6.07, 6.45) is 4.46. The Morgan fingerprint density at radius 2 is 2.05 bits per heavy atom. The molecule has 0 aliphatic heterocycles. The van der Waals surface area contributed by atoms with Crippen molar-refractivity contribution in [2.45, 2.75) is 31.6 Å². The number of aromatic nitrogens is 2. The van der Waals surface area contributed by atoms with Gasteiger partial charge in [0.25, 0.3) is 5.91 Å². The molecule has 1 heterocycles. The normalized spacial score (nSPS) is 20.3. The van der Waals surface area contributed by atoms with E-state index in [-0.39, 0.29) is 12.2 Å². The van der Waals surface area contributed by atoms with Crippen molar-refractivity contribution in [3.05, 3.63) is 58.9 Å². The predicted octanol–water partition coefficient (Wildman–Crippen LogP) is 1.86. The van der Waals surface area contributed by atoms with Gasteiger partial charge in [0.15, 0.2) is 0 Å². The third-order valence-corrected chi connectivity index (χ3v) is 4.44. The molecule has 0 saturated heterocycles. The lowest BCUT2D eigenvalue weighted by Crippen LogP contribution is -2.48. The first-order valence-electron chi connectivity index (χ1n) is 7.07. The van der Waals surface area contributed by atoms with Gasteiger partial charge in [-0.2, -0.15) is 0 Å². The number of hydroxylamine groups is 1. The van der Waals surface area contributed by atoms with E-state index < -0.39 is 11.3 Å². The molecule has 0 fully saturated rings. The Morgan fingerprint density at radius 1 is 1.32 bits per heavy atom. The number of amides is 1. The zero-order chi connectivity index (χ0) is 15.7. The first-order valence-corrected chi connectivity index (χ1v) is 7.07. The Morgan fingerprint density at radius 3 is 2.77 bits per heavy atom. The lowest BCUT2D eigenvalue weighted by Gasteiger charge is -2.36. The molecule has 1 amide bonds. The van der Waals surface area contributed by atoms with Crippen LogP contribution in [0.15, 0.2) is 30.6 Å². The van der Waals surface area contributed by atoms with Gasteiger partial charge in [0, 0.05) is 18.8 Å². The summed E-state index contributed by atoms with van der Waals surface area (Å²) in [4.78, 5) is 21.0. The first kappa shape index (κ1) is 14.6. The van der Waals surface area contributed by atoms with E-state index in [0.29, 0.717) is 29.7 Å². The Labute approximate surface area is 127 Å². The second-order valence-corrected chi connectivity index (χ2v) is 5.56. The van der Waals surface area contributed by atoms with Crippen LogP contribution in [0.4, 0.5) is 4.39 Å². The second-order valence-electron chi connectivity index (χ2n) is 5.56. The van der Waals surface area contributed by atoms with Crippen molar-refractivity contribution in [2.75, 3.05) is 0 Å². The van der Waals surface area contributed by atoms with Crippen LogP contribution in [0.2, 0.25) is 0 Å². The van der Waals surface area contributed by atoms with Crippen LogP contribution in [0.5, 0.6) is 0 Å². The van der Waals surface area contributed by atoms with Crippen LogP contribution in [-0.2, 0) is 23.1 Å². The van der Waals surface area contributed by atoms with Crippen LogP contribution in [0.3, 0.4) is 0 Å². The van der Waals surface area contributed by atoms with Gasteiger partial charge in [0.05, 0.1) is 16.8 Å². The van der Waals surface area contributed by atoms with Crippen molar-refractivity contribution in [2.24, 2.45) is 0 Å². The molecule has 114 valence electrons. The smallest absolute Gasteiger partial charge is 0.254 e. The molecule has 5 nitrogen and oxygen atoms in total. The minimum atomic E-state index is -1.04. The average molecular weight is 301 g/mol. The fourth-order valence-electron chi connectivity index (χ4n) is 3.24. The first-order chi connectivity index (χ1) is 10.6. The standard InChI is InChI=1S/C16H16FN3O2/c1-10-11(3-2-4-12(10)17)16(15(21)20-22)6-5-13-14(9-16)19-8-7-18-13/h2-4,7-8,22H,5-6,9H2,1H3,(H,20,21). The monoisotopic (exact) mass is 301 g/mol. The maximum absolute atomic E-state index is 13.9. The molecule has 22 heavy (non-hydrogen) atoms. The number of aryl methyl sites for hydroxylation is 1. The Kier molecular flexibility index (Phi) is 3.62. The average Bonchev–Trinajstić information content (AvgIpc) is 2.56. The molecule has 2 aromatic rings. The van der Waals surface area contributed by atoms with Crippen molar-refractivity contribution < 1.29 is 14.4 Å². The van der Waals surface area contributed by atoms with E-state index in [0.717, 1.165) is 5.69 Å². The third kappa shape index (κ3) is 2.16. The zero-order valence-electron chi connectivity index (χ0n) is 12.1. The van der Waals surface area contributed by atoms with E-state index in [1.54, 1.807) is 36.9 Å². The fourth-order valence-corrected chi connectivity index (χ4v) is 3.24. The molecule has 1 unspecified atom stereocenters. The van der Waals surface area contributed by atoms with Crippen molar-refractivity contribution in [1.29, 1.82) is 0 Å². The summed E-state index contributed by atoms with van der Waals surface area (Å²) in [6, 6.07) is 4.67. The SMILES string of the molecule is Cc1c(F)cccc1C1(C(=O)NO)CCc2nccnc2C1. The molecular formula is C16H16FN3O2. The van der Waals surface area contributed by atoms with E-state index in [2.05, 4.69) is 9.97 Å². The number of nitrogens with one attached hydrogen (secondary N) is 1. The largest absolute Gasteiger partial charge is 0.289 e. The summed E-state index contributed by atoms with van der Waals surface area (Å²) in [7, 11) is 0. The molecule has 3 rings (SSSR count). The summed E-state index contributed by atoms with van der Waals surface area (Å²) in [6.45, 7) is 1.64. The van der Waals surface area contributed by atoms with E-state index in [9.17, 15) is 14.4 Å². The lowest BCUT2D eigenvalue weighted by atomic mass is 9.67. The maximum atomic E-state index is 13.9.